The quantitative estimate of drug-likeness (QED) is 0.505. The second-order valence-electron chi connectivity index (χ2n) is 7.92. The van der Waals surface area contributed by atoms with E-state index >= 15 is 0 Å². The summed E-state index contributed by atoms with van der Waals surface area (Å²) in [6.07, 6.45) is 2.19. The molecule has 1 heterocycles. The van der Waals surface area contributed by atoms with Gasteiger partial charge in [0.2, 0.25) is 0 Å². The Morgan fingerprint density at radius 3 is 2.65 bits per heavy atom. The third kappa shape index (κ3) is 5.66. The van der Waals surface area contributed by atoms with Gasteiger partial charge in [-0.3, -0.25) is 4.79 Å². The minimum atomic E-state index is -0.794. The van der Waals surface area contributed by atoms with Crippen molar-refractivity contribution in [1.29, 1.82) is 0 Å². The fraction of sp³-hybridized carbons (Fsp3) is 0.360. The van der Waals surface area contributed by atoms with Crippen LogP contribution in [-0.4, -0.2) is 36.1 Å². The molecule has 1 atom stereocenters. The molecule has 0 saturated carbocycles. The van der Waals surface area contributed by atoms with Crippen molar-refractivity contribution in [3.8, 4) is 5.75 Å². The molecule has 0 aliphatic carbocycles. The average Bonchev–Trinajstić information content (AvgIpc) is 3.14. The maximum Gasteiger partial charge on any atom is 0.328 e. The first-order valence-corrected chi connectivity index (χ1v) is 10.6. The number of aromatic amines is 1. The number of carbonyl (C=O) groups excluding carboxylic acids is 2. The highest BCUT2D eigenvalue weighted by molar-refractivity contribution is 5.87. The Labute approximate surface area is 182 Å². The zero-order valence-corrected chi connectivity index (χ0v) is 18.5. The fourth-order valence-electron chi connectivity index (χ4n) is 3.58. The Kier molecular flexibility index (Phi) is 7.34. The standard InChI is InChI=1S/C25H30N2O4/c1-5-30-25(29)22(13-18-14-26-21-9-7-6-8-20(18)21)27-24(28)15-31-23-12-17(4)10-11-19(23)16(2)3/h6-12,14,16,22,26H,5,13,15H2,1-4H3,(H,27,28)/t22-/m1/s1. The number of hydrogen-bond donors (Lipinski definition) is 2. The van der Waals surface area contributed by atoms with Crippen molar-refractivity contribution in [3.63, 3.8) is 0 Å². The lowest BCUT2D eigenvalue weighted by Gasteiger charge is -2.18. The van der Waals surface area contributed by atoms with Gasteiger partial charge < -0.3 is 19.8 Å². The molecule has 164 valence electrons. The topological polar surface area (TPSA) is 80.4 Å². The summed E-state index contributed by atoms with van der Waals surface area (Å²) >= 11 is 0. The third-order valence-corrected chi connectivity index (χ3v) is 5.16. The molecule has 0 radical (unpaired) electrons. The number of nitrogens with one attached hydrogen (secondary N) is 2. The normalized spacial score (nSPS) is 12.0. The molecule has 31 heavy (non-hydrogen) atoms. The number of ether oxygens (including phenoxy) is 2. The number of aryl methyl sites for hydroxylation is 1. The minimum Gasteiger partial charge on any atom is -0.483 e. The monoisotopic (exact) mass is 422 g/mol. The predicted molar refractivity (Wildman–Crippen MR) is 121 cm³/mol. The van der Waals surface area contributed by atoms with Crippen molar-refractivity contribution >= 4 is 22.8 Å². The second kappa shape index (κ2) is 10.2. The average molecular weight is 423 g/mol. The van der Waals surface area contributed by atoms with E-state index in [0.29, 0.717) is 12.2 Å². The van der Waals surface area contributed by atoms with Crippen LogP contribution in [0.5, 0.6) is 5.75 Å². The van der Waals surface area contributed by atoms with Crippen molar-refractivity contribution in [2.45, 2.75) is 46.1 Å². The maximum absolute atomic E-state index is 12.6. The molecule has 0 unspecified atom stereocenters. The number of rotatable bonds is 9. The lowest BCUT2D eigenvalue weighted by atomic mass is 10.0. The van der Waals surface area contributed by atoms with Crippen LogP contribution in [-0.2, 0) is 20.7 Å². The van der Waals surface area contributed by atoms with E-state index in [9.17, 15) is 9.59 Å². The molecule has 0 spiro atoms. The predicted octanol–water partition coefficient (Wildman–Crippen LogP) is 4.27. The SMILES string of the molecule is CCOC(=O)[C@@H](Cc1c[nH]c2ccccc12)NC(=O)COc1cc(C)ccc1C(C)C. The number of amides is 1. The van der Waals surface area contributed by atoms with E-state index in [0.717, 1.165) is 27.6 Å². The smallest absolute Gasteiger partial charge is 0.328 e. The van der Waals surface area contributed by atoms with Crippen molar-refractivity contribution < 1.29 is 19.1 Å². The van der Waals surface area contributed by atoms with Crippen molar-refractivity contribution in [3.05, 3.63) is 65.4 Å². The van der Waals surface area contributed by atoms with E-state index < -0.39 is 12.0 Å². The van der Waals surface area contributed by atoms with Gasteiger partial charge in [-0.15, -0.1) is 0 Å². The van der Waals surface area contributed by atoms with E-state index in [1.165, 1.54) is 0 Å². The van der Waals surface area contributed by atoms with Crippen LogP contribution in [0.25, 0.3) is 10.9 Å². The van der Waals surface area contributed by atoms with Gasteiger partial charge in [0.1, 0.15) is 11.8 Å². The Morgan fingerprint density at radius 1 is 1.13 bits per heavy atom. The third-order valence-electron chi connectivity index (χ3n) is 5.16. The zero-order chi connectivity index (χ0) is 22.4. The molecule has 0 aliphatic rings. The van der Waals surface area contributed by atoms with E-state index in [4.69, 9.17) is 9.47 Å². The molecule has 3 rings (SSSR count). The molecular formula is C25H30N2O4. The molecule has 0 aliphatic heterocycles. The molecule has 6 nitrogen and oxygen atoms in total. The number of benzene rings is 2. The van der Waals surface area contributed by atoms with Gasteiger partial charge in [-0.05, 0) is 48.6 Å². The zero-order valence-electron chi connectivity index (χ0n) is 18.5. The first-order valence-electron chi connectivity index (χ1n) is 10.6. The summed E-state index contributed by atoms with van der Waals surface area (Å²) in [5.41, 5.74) is 4.02. The molecule has 0 fully saturated rings. The highest BCUT2D eigenvalue weighted by atomic mass is 16.5. The van der Waals surface area contributed by atoms with Gasteiger partial charge >= 0.3 is 5.97 Å². The molecule has 0 bridgehead atoms. The first kappa shape index (κ1) is 22.4. The summed E-state index contributed by atoms with van der Waals surface area (Å²) in [6.45, 7) is 7.96. The summed E-state index contributed by atoms with van der Waals surface area (Å²) < 4.78 is 11.0. The number of hydrogen-bond acceptors (Lipinski definition) is 4. The van der Waals surface area contributed by atoms with Crippen LogP contribution in [0.2, 0.25) is 0 Å². The van der Waals surface area contributed by atoms with Crippen LogP contribution in [0.4, 0.5) is 0 Å². The van der Waals surface area contributed by atoms with Crippen LogP contribution < -0.4 is 10.1 Å². The molecule has 2 aromatic carbocycles. The van der Waals surface area contributed by atoms with Crippen LogP contribution in [0.3, 0.4) is 0 Å². The van der Waals surface area contributed by atoms with Gasteiger partial charge in [0.05, 0.1) is 6.61 Å². The van der Waals surface area contributed by atoms with Crippen LogP contribution in [0, 0.1) is 6.92 Å². The fourth-order valence-corrected chi connectivity index (χ4v) is 3.58. The minimum absolute atomic E-state index is 0.174. The van der Waals surface area contributed by atoms with Crippen molar-refractivity contribution in [2.24, 2.45) is 0 Å². The lowest BCUT2D eigenvalue weighted by molar-refractivity contribution is -0.147. The Bertz CT molecular complexity index is 1050. The van der Waals surface area contributed by atoms with Gasteiger partial charge in [0.25, 0.3) is 5.91 Å². The lowest BCUT2D eigenvalue weighted by Crippen LogP contribution is -2.45. The second-order valence-corrected chi connectivity index (χ2v) is 7.92. The Morgan fingerprint density at radius 2 is 1.90 bits per heavy atom. The highest BCUT2D eigenvalue weighted by Crippen LogP contribution is 2.27. The van der Waals surface area contributed by atoms with Crippen LogP contribution in [0.1, 0.15) is 43.4 Å². The van der Waals surface area contributed by atoms with E-state index in [-0.39, 0.29) is 25.0 Å². The van der Waals surface area contributed by atoms with Crippen LogP contribution in [0.15, 0.2) is 48.7 Å². The molecule has 1 amide bonds. The summed E-state index contributed by atoms with van der Waals surface area (Å²) in [6, 6.07) is 13.0. The largest absolute Gasteiger partial charge is 0.483 e. The summed E-state index contributed by atoms with van der Waals surface area (Å²) in [5.74, 6) is 0.135. The number of aromatic nitrogens is 1. The van der Waals surface area contributed by atoms with Gasteiger partial charge in [0, 0.05) is 23.5 Å². The van der Waals surface area contributed by atoms with E-state index in [1.54, 1.807) is 6.92 Å². The Balaban J connectivity index is 1.70. The van der Waals surface area contributed by atoms with Gasteiger partial charge in [0.15, 0.2) is 6.61 Å². The van der Waals surface area contributed by atoms with E-state index in [1.807, 2.05) is 55.6 Å². The molecule has 0 saturated heterocycles. The maximum atomic E-state index is 12.6. The molecule has 1 aromatic heterocycles. The summed E-state index contributed by atoms with van der Waals surface area (Å²) in [4.78, 5) is 28.4. The Hall–Kier alpha value is -3.28. The van der Waals surface area contributed by atoms with Gasteiger partial charge in [-0.25, -0.2) is 4.79 Å². The highest BCUT2D eigenvalue weighted by Gasteiger charge is 2.24. The number of H-pyrrole nitrogens is 1. The molecule has 2 N–H and O–H groups in total. The molecular weight excluding hydrogens is 392 g/mol. The summed E-state index contributed by atoms with van der Waals surface area (Å²) in [7, 11) is 0. The van der Waals surface area contributed by atoms with E-state index in [2.05, 4.69) is 24.1 Å². The number of para-hydroxylation sites is 1. The molecule has 3 aromatic rings. The molecule has 6 heteroatoms. The summed E-state index contributed by atoms with van der Waals surface area (Å²) in [5, 5.41) is 3.80. The number of carbonyl (C=O) groups is 2. The first-order chi connectivity index (χ1) is 14.9. The number of fused-ring (bicyclic) bond motifs is 1. The van der Waals surface area contributed by atoms with Crippen molar-refractivity contribution in [1.82, 2.24) is 10.3 Å². The van der Waals surface area contributed by atoms with Crippen molar-refractivity contribution in [2.75, 3.05) is 13.2 Å². The number of esters is 1. The van der Waals surface area contributed by atoms with Gasteiger partial charge in [-0.2, -0.15) is 0 Å². The van der Waals surface area contributed by atoms with Crippen LogP contribution >= 0.6 is 0 Å². The van der Waals surface area contributed by atoms with Gasteiger partial charge in [-0.1, -0.05) is 44.2 Å².